The van der Waals surface area contributed by atoms with E-state index in [0.29, 0.717) is 28.1 Å². The summed E-state index contributed by atoms with van der Waals surface area (Å²) in [5.41, 5.74) is 4.20. The Morgan fingerprint density at radius 2 is 1.85 bits per heavy atom. The Balaban J connectivity index is 1.49. The quantitative estimate of drug-likeness (QED) is 0.358. The third-order valence-corrected chi connectivity index (χ3v) is 6.56. The first-order valence-electron chi connectivity index (χ1n) is 10.5. The molecule has 0 aliphatic carbocycles. The summed E-state index contributed by atoms with van der Waals surface area (Å²) in [5.74, 6) is 1.39. The van der Waals surface area contributed by atoms with Crippen LogP contribution in [0.5, 0.6) is 11.5 Å². The minimum Gasteiger partial charge on any atom is -0.497 e. The molecule has 0 saturated carbocycles. The van der Waals surface area contributed by atoms with Gasteiger partial charge >= 0.3 is 0 Å². The van der Waals surface area contributed by atoms with Crippen LogP contribution in [0, 0.1) is 13.8 Å². The zero-order valence-corrected chi connectivity index (χ0v) is 20.8. The van der Waals surface area contributed by atoms with Crippen LogP contribution in [0.4, 0.5) is 0 Å². The summed E-state index contributed by atoms with van der Waals surface area (Å²) in [6.45, 7) is 4.23. The van der Waals surface area contributed by atoms with Gasteiger partial charge in [-0.15, -0.1) is 5.10 Å². The number of aromatic nitrogens is 4. The average molecular weight is 498 g/mol. The van der Waals surface area contributed by atoms with Gasteiger partial charge in [0.25, 0.3) is 0 Å². The summed E-state index contributed by atoms with van der Waals surface area (Å²) in [4.78, 5) is 12.6. The van der Waals surface area contributed by atoms with Gasteiger partial charge in [0.15, 0.2) is 0 Å². The predicted octanol–water partition coefficient (Wildman–Crippen LogP) is 4.51. The van der Waals surface area contributed by atoms with Crippen molar-refractivity contribution in [2.45, 2.75) is 25.4 Å². The molecule has 0 aliphatic rings. The highest BCUT2D eigenvalue weighted by atomic mass is 35.5. The fraction of sp³-hybridized carbons (Fsp3) is 0.250. The van der Waals surface area contributed by atoms with Crippen molar-refractivity contribution in [3.8, 4) is 17.2 Å². The van der Waals surface area contributed by atoms with Crippen molar-refractivity contribution >= 4 is 40.2 Å². The number of amides is 1. The van der Waals surface area contributed by atoms with Crippen molar-refractivity contribution in [2.24, 2.45) is 0 Å². The molecule has 176 valence electrons. The number of hydrogen-bond donors (Lipinski definition) is 1. The maximum Gasteiger partial charge on any atom is 0.230 e. The molecule has 0 saturated heterocycles. The minimum absolute atomic E-state index is 0.132. The third kappa shape index (κ3) is 4.95. The molecule has 4 rings (SSSR count). The standard InChI is InChI=1S/C24H24ClN5O3S/c1-14-22-15(2)30(18-8-6-17(25)7-9-18)29-23(22)24(28-27-14)34-13-21(31)26-12-16-5-10-19(32-3)11-20(16)33-4/h5-11H,12-13H2,1-4H3,(H,26,31). The molecule has 0 aliphatic heterocycles. The number of rotatable bonds is 8. The molecule has 0 atom stereocenters. The van der Waals surface area contributed by atoms with Gasteiger partial charge in [-0.3, -0.25) is 4.79 Å². The van der Waals surface area contributed by atoms with Gasteiger partial charge in [-0.05, 0) is 50.2 Å². The van der Waals surface area contributed by atoms with Gasteiger partial charge in [0, 0.05) is 28.6 Å². The number of thioether (sulfide) groups is 1. The van der Waals surface area contributed by atoms with E-state index in [1.165, 1.54) is 11.8 Å². The highest BCUT2D eigenvalue weighted by Crippen LogP contribution is 2.30. The van der Waals surface area contributed by atoms with Gasteiger partial charge in [-0.1, -0.05) is 23.4 Å². The number of nitrogens with zero attached hydrogens (tertiary/aromatic N) is 4. The zero-order chi connectivity index (χ0) is 24.2. The highest BCUT2D eigenvalue weighted by molar-refractivity contribution is 8.00. The Morgan fingerprint density at radius 3 is 2.56 bits per heavy atom. The van der Waals surface area contributed by atoms with E-state index in [1.807, 2.05) is 54.9 Å². The molecule has 10 heteroatoms. The number of halogens is 1. The molecule has 4 aromatic rings. The lowest BCUT2D eigenvalue weighted by Gasteiger charge is -2.11. The van der Waals surface area contributed by atoms with Crippen LogP contribution in [0.25, 0.3) is 16.6 Å². The Kier molecular flexibility index (Phi) is 7.23. The predicted molar refractivity (Wildman–Crippen MR) is 133 cm³/mol. The SMILES string of the molecule is COc1ccc(CNC(=O)CSc2nnc(C)c3c(C)n(-c4ccc(Cl)cc4)nc23)c(OC)c1. The number of ether oxygens (including phenoxy) is 2. The van der Waals surface area contributed by atoms with Crippen LogP contribution in [-0.2, 0) is 11.3 Å². The molecule has 8 nitrogen and oxygen atoms in total. The van der Waals surface area contributed by atoms with E-state index in [0.717, 1.165) is 33.5 Å². The number of methoxy groups -OCH3 is 2. The molecule has 0 fully saturated rings. The number of benzene rings is 2. The van der Waals surface area contributed by atoms with E-state index >= 15 is 0 Å². The summed E-state index contributed by atoms with van der Waals surface area (Å²) in [7, 11) is 3.18. The monoisotopic (exact) mass is 497 g/mol. The van der Waals surface area contributed by atoms with Crippen LogP contribution < -0.4 is 14.8 Å². The van der Waals surface area contributed by atoms with Crippen LogP contribution in [0.15, 0.2) is 47.5 Å². The number of hydrogen-bond acceptors (Lipinski definition) is 7. The second kappa shape index (κ2) is 10.3. The summed E-state index contributed by atoms with van der Waals surface area (Å²) in [6.07, 6.45) is 0. The van der Waals surface area contributed by atoms with Crippen LogP contribution in [0.3, 0.4) is 0 Å². The van der Waals surface area contributed by atoms with Gasteiger partial charge < -0.3 is 14.8 Å². The molecule has 0 spiro atoms. The summed E-state index contributed by atoms with van der Waals surface area (Å²) in [6, 6.07) is 12.9. The molecule has 2 aromatic heterocycles. The molecule has 2 aromatic carbocycles. The molecule has 0 unspecified atom stereocenters. The number of aryl methyl sites for hydroxylation is 2. The van der Waals surface area contributed by atoms with Crippen molar-refractivity contribution in [1.29, 1.82) is 0 Å². The van der Waals surface area contributed by atoms with E-state index in [2.05, 4.69) is 15.5 Å². The third-order valence-electron chi connectivity index (χ3n) is 5.35. The molecule has 0 radical (unpaired) electrons. The summed E-state index contributed by atoms with van der Waals surface area (Å²) in [5, 5.41) is 18.5. The van der Waals surface area contributed by atoms with Gasteiger partial charge in [0.1, 0.15) is 22.0 Å². The molecule has 2 heterocycles. The summed E-state index contributed by atoms with van der Waals surface area (Å²) < 4.78 is 12.5. The highest BCUT2D eigenvalue weighted by Gasteiger charge is 2.18. The van der Waals surface area contributed by atoms with Crippen molar-refractivity contribution < 1.29 is 14.3 Å². The second-order valence-corrected chi connectivity index (χ2v) is 8.93. The Bertz CT molecular complexity index is 1340. The maximum absolute atomic E-state index is 12.6. The van der Waals surface area contributed by atoms with Crippen LogP contribution in [0.1, 0.15) is 17.0 Å². The fourth-order valence-corrected chi connectivity index (χ4v) is 4.48. The Labute approximate surface area is 206 Å². The minimum atomic E-state index is -0.132. The lowest BCUT2D eigenvalue weighted by Crippen LogP contribution is -2.24. The number of carbonyl (C=O) groups excluding carboxylic acids is 1. The van der Waals surface area contributed by atoms with Gasteiger partial charge in [-0.2, -0.15) is 10.2 Å². The second-order valence-electron chi connectivity index (χ2n) is 7.53. The van der Waals surface area contributed by atoms with E-state index < -0.39 is 0 Å². The molecule has 1 amide bonds. The van der Waals surface area contributed by atoms with Crippen LogP contribution >= 0.6 is 23.4 Å². The van der Waals surface area contributed by atoms with E-state index in [1.54, 1.807) is 20.3 Å². The number of nitrogens with one attached hydrogen (secondary N) is 1. The number of fused-ring (bicyclic) bond motifs is 1. The Hall–Kier alpha value is -3.30. The van der Waals surface area contributed by atoms with Crippen LogP contribution in [0.2, 0.25) is 5.02 Å². The largest absolute Gasteiger partial charge is 0.497 e. The maximum atomic E-state index is 12.6. The van der Waals surface area contributed by atoms with Crippen molar-refractivity contribution in [2.75, 3.05) is 20.0 Å². The molecular formula is C24H24ClN5O3S. The van der Waals surface area contributed by atoms with E-state index in [9.17, 15) is 4.79 Å². The van der Waals surface area contributed by atoms with Gasteiger partial charge in [0.05, 0.1) is 37.0 Å². The summed E-state index contributed by atoms with van der Waals surface area (Å²) >= 11 is 7.33. The van der Waals surface area contributed by atoms with Crippen LogP contribution in [-0.4, -0.2) is 45.9 Å². The van der Waals surface area contributed by atoms with E-state index in [-0.39, 0.29) is 11.7 Å². The average Bonchev–Trinajstić information content (AvgIpc) is 3.20. The topological polar surface area (TPSA) is 91.2 Å². The normalized spacial score (nSPS) is 11.0. The lowest BCUT2D eigenvalue weighted by molar-refractivity contribution is -0.118. The van der Waals surface area contributed by atoms with Crippen molar-refractivity contribution in [1.82, 2.24) is 25.3 Å². The molecule has 34 heavy (non-hydrogen) atoms. The van der Waals surface area contributed by atoms with Crippen molar-refractivity contribution in [3.63, 3.8) is 0 Å². The van der Waals surface area contributed by atoms with Gasteiger partial charge in [-0.25, -0.2) is 4.68 Å². The Morgan fingerprint density at radius 1 is 1.09 bits per heavy atom. The fourth-order valence-electron chi connectivity index (χ4n) is 3.61. The zero-order valence-electron chi connectivity index (χ0n) is 19.3. The molecule has 1 N–H and O–H groups in total. The van der Waals surface area contributed by atoms with E-state index in [4.69, 9.17) is 26.2 Å². The first-order valence-corrected chi connectivity index (χ1v) is 11.9. The number of carbonyl (C=O) groups is 1. The van der Waals surface area contributed by atoms with Gasteiger partial charge in [0.2, 0.25) is 5.91 Å². The molecular weight excluding hydrogens is 474 g/mol. The van der Waals surface area contributed by atoms with Crippen molar-refractivity contribution in [3.05, 3.63) is 64.4 Å². The lowest BCUT2D eigenvalue weighted by atomic mass is 10.2. The smallest absolute Gasteiger partial charge is 0.230 e. The first kappa shape index (κ1) is 23.8. The first-order chi connectivity index (χ1) is 16.4. The molecule has 0 bridgehead atoms.